The molecule has 1 heterocycles. The van der Waals surface area contributed by atoms with E-state index in [-0.39, 0.29) is 18.2 Å². The summed E-state index contributed by atoms with van der Waals surface area (Å²) in [5.41, 5.74) is 0.683. The van der Waals surface area contributed by atoms with Crippen LogP contribution in [0.3, 0.4) is 0 Å². The normalized spacial score (nSPS) is 10.0. The van der Waals surface area contributed by atoms with Crippen LogP contribution in [0.15, 0.2) is 36.8 Å². The van der Waals surface area contributed by atoms with Gasteiger partial charge in [0.15, 0.2) is 0 Å². The van der Waals surface area contributed by atoms with E-state index in [4.69, 9.17) is 4.74 Å². The lowest BCUT2D eigenvalue weighted by molar-refractivity contribution is -0.115. The summed E-state index contributed by atoms with van der Waals surface area (Å²) in [6.07, 6.45) is 2.67. The molecule has 0 atom stereocenters. The van der Waals surface area contributed by atoms with Crippen molar-refractivity contribution >= 4 is 11.6 Å². The molecule has 0 aliphatic rings. The Morgan fingerprint density at radius 2 is 2.21 bits per heavy atom. The summed E-state index contributed by atoms with van der Waals surface area (Å²) in [5.74, 6) is -0.510. The van der Waals surface area contributed by atoms with Gasteiger partial charge >= 0.3 is 0 Å². The van der Waals surface area contributed by atoms with Crippen LogP contribution in [0, 0.1) is 5.82 Å². The van der Waals surface area contributed by atoms with Crippen molar-refractivity contribution in [2.24, 2.45) is 0 Å². The third kappa shape index (κ3) is 3.25. The number of carbonyl (C=O) groups excluding carboxylic acids is 1. The van der Waals surface area contributed by atoms with Gasteiger partial charge in [-0.05, 0) is 11.6 Å². The molecule has 0 aliphatic carbocycles. The van der Waals surface area contributed by atoms with Crippen molar-refractivity contribution < 1.29 is 13.9 Å². The van der Waals surface area contributed by atoms with Crippen LogP contribution in [0.25, 0.3) is 0 Å². The zero-order valence-electron chi connectivity index (χ0n) is 10.3. The first-order chi connectivity index (χ1) is 9.20. The highest BCUT2D eigenvalue weighted by Gasteiger charge is 2.11. The number of rotatable bonds is 4. The number of nitrogens with one attached hydrogen (secondary N) is 1. The van der Waals surface area contributed by atoms with Crippen LogP contribution in [-0.4, -0.2) is 23.0 Å². The second-order valence-electron chi connectivity index (χ2n) is 3.76. The SMILES string of the molecule is COc1ncncc1NC(=O)Cc1ccccc1F. The van der Waals surface area contributed by atoms with Crippen LogP contribution in [0.2, 0.25) is 0 Å². The average molecular weight is 261 g/mol. The first kappa shape index (κ1) is 12.9. The van der Waals surface area contributed by atoms with Crippen molar-refractivity contribution in [3.05, 3.63) is 48.2 Å². The topological polar surface area (TPSA) is 64.1 Å². The monoisotopic (exact) mass is 261 g/mol. The quantitative estimate of drug-likeness (QED) is 0.911. The lowest BCUT2D eigenvalue weighted by Crippen LogP contribution is -2.16. The van der Waals surface area contributed by atoms with E-state index < -0.39 is 5.82 Å². The highest BCUT2D eigenvalue weighted by molar-refractivity contribution is 5.93. The Kier molecular flexibility index (Phi) is 4.02. The van der Waals surface area contributed by atoms with Crippen molar-refractivity contribution in [2.75, 3.05) is 12.4 Å². The van der Waals surface area contributed by atoms with Crippen molar-refractivity contribution in [3.8, 4) is 5.88 Å². The Morgan fingerprint density at radius 3 is 2.95 bits per heavy atom. The number of ether oxygens (including phenoxy) is 1. The molecule has 0 saturated carbocycles. The summed E-state index contributed by atoms with van der Waals surface area (Å²) >= 11 is 0. The van der Waals surface area contributed by atoms with Crippen molar-refractivity contribution in [3.63, 3.8) is 0 Å². The van der Waals surface area contributed by atoms with Crippen LogP contribution >= 0.6 is 0 Å². The fourth-order valence-electron chi connectivity index (χ4n) is 1.58. The third-order valence-corrected chi connectivity index (χ3v) is 2.45. The molecule has 6 heteroatoms. The van der Waals surface area contributed by atoms with Crippen molar-refractivity contribution in [1.82, 2.24) is 9.97 Å². The summed E-state index contributed by atoms with van der Waals surface area (Å²) in [6.45, 7) is 0. The minimum atomic E-state index is -0.408. The molecule has 1 aromatic carbocycles. The first-order valence-electron chi connectivity index (χ1n) is 5.58. The Morgan fingerprint density at radius 1 is 1.42 bits per heavy atom. The summed E-state index contributed by atoms with van der Waals surface area (Å²) in [7, 11) is 1.44. The molecule has 0 bridgehead atoms. The van der Waals surface area contributed by atoms with E-state index in [1.165, 1.54) is 25.7 Å². The van der Waals surface area contributed by atoms with E-state index in [9.17, 15) is 9.18 Å². The lowest BCUT2D eigenvalue weighted by Gasteiger charge is -2.08. The van der Waals surface area contributed by atoms with Gasteiger partial charge in [-0.1, -0.05) is 18.2 Å². The highest BCUT2D eigenvalue weighted by Crippen LogP contribution is 2.19. The number of anilines is 1. The lowest BCUT2D eigenvalue weighted by atomic mass is 10.1. The number of methoxy groups -OCH3 is 1. The van der Waals surface area contributed by atoms with Gasteiger partial charge in [0.2, 0.25) is 11.8 Å². The first-order valence-corrected chi connectivity index (χ1v) is 5.58. The number of hydrogen-bond donors (Lipinski definition) is 1. The summed E-state index contributed by atoms with van der Waals surface area (Å²) in [6, 6.07) is 6.13. The second-order valence-corrected chi connectivity index (χ2v) is 3.76. The summed E-state index contributed by atoms with van der Waals surface area (Å²) < 4.78 is 18.4. The molecule has 2 aromatic rings. The van der Waals surface area contributed by atoms with E-state index >= 15 is 0 Å². The number of halogens is 1. The molecule has 0 fully saturated rings. The van der Waals surface area contributed by atoms with Crippen LogP contribution in [-0.2, 0) is 11.2 Å². The Bertz CT molecular complexity index is 590. The number of amides is 1. The standard InChI is InChI=1S/C13H12FN3O2/c1-19-13-11(7-15-8-16-13)17-12(18)6-9-4-2-3-5-10(9)14/h2-5,7-8H,6H2,1H3,(H,17,18). The molecule has 0 saturated heterocycles. The van der Waals surface area contributed by atoms with Crippen LogP contribution < -0.4 is 10.1 Å². The molecule has 98 valence electrons. The van der Waals surface area contributed by atoms with Gasteiger partial charge in [0.05, 0.1) is 19.7 Å². The molecule has 0 spiro atoms. The fourth-order valence-corrected chi connectivity index (χ4v) is 1.58. The summed E-state index contributed by atoms with van der Waals surface area (Å²) in [5, 5.41) is 2.58. The number of benzene rings is 1. The number of hydrogen-bond acceptors (Lipinski definition) is 4. The maximum atomic E-state index is 13.4. The minimum absolute atomic E-state index is 0.0648. The van der Waals surface area contributed by atoms with Crippen LogP contribution in [0.1, 0.15) is 5.56 Å². The Labute approximate surface area is 109 Å². The van der Waals surface area contributed by atoms with E-state index in [0.29, 0.717) is 11.3 Å². The van der Waals surface area contributed by atoms with E-state index in [2.05, 4.69) is 15.3 Å². The highest BCUT2D eigenvalue weighted by atomic mass is 19.1. The molecule has 1 N–H and O–H groups in total. The fraction of sp³-hybridized carbons (Fsp3) is 0.154. The van der Waals surface area contributed by atoms with Gasteiger partial charge in [-0.25, -0.2) is 9.37 Å². The van der Waals surface area contributed by atoms with Gasteiger partial charge in [-0.15, -0.1) is 0 Å². The van der Waals surface area contributed by atoms with E-state index in [0.717, 1.165) is 0 Å². The molecule has 19 heavy (non-hydrogen) atoms. The smallest absolute Gasteiger partial charge is 0.240 e. The average Bonchev–Trinajstić information content (AvgIpc) is 2.42. The van der Waals surface area contributed by atoms with Crippen molar-refractivity contribution in [2.45, 2.75) is 6.42 Å². The molecule has 1 amide bonds. The zero-order valence-corrected chi connectivity index (χ0v) is 10.3. The van der Waals surface area contributed by atoms with Gasteiger partial charge in [0, 0.05) is 0 Å². The Balaban J connectivity index is 2.08. The van der Waals surface area contributed by atoms with E-state index in [1.54, 1.807) is 18.2 Å². The maximum Gasteiger partial charge on any atom is 0.240 e. The molecule has 1 aromatic heterocycles. The van der Waals surface area contributed by atoms with Gasteiger partial charge in [-0.2, -0.15) is 4.98 Å². The van der Waals surface area contributed by atoms with Gasteiger partial charge in [-0.3, -0.25) is 4.79 Å². The van der Waals surface area contributed by atoms with Gasteiger partial charge in [0.25, 0.3) is 0 Å². The predicted octanol–water partition coefficient (Wildman–Crippen LogP) is 1.81. The Hall–Kier alpha value is -2.50. The molecule has 5 nitrogen and oxygen atoms in total. The largest absolute Gasteiger partial charge is 0.479 e. The predicted molar refractivity (Wildman–Crippen MR) is 67.3 cm³/mol. The maximum absolute atomic E-state index is 13.4. The number of nitrogens with zero attached hydrogens (tertiary/aromatic N) is 2. The molecular formula is C13H12FN3O2. The van der Waals surface area contributed by atoms with Gasteiger partial charge < -0.3 is 10.1 Å². The molecular weight excluding hydrogens is 249 g/mol. The summed E-state index contributed by atoms with van der Waals surface area (Å²) in [4.78, 5) is 19.5. The van der Waals surface area contributed by atoms with Crippen molar-refractivity contribution in [1.29, 1.82) is 0 Å². The minimum Gasteiger partial charge on any atom is -0.479 e. The van der Waals surface area contributed by atoms with Gasteiger partial charge in [0.1, 0.15) is 17.8 Å². The molecule has 0 unspecified atom stereocenters. The number of carbonyl (C=O) groups is 1. The second kappa shape index (κ2) is 5.90. The molecule has 2 rings (SSSR count). The van der Waals surface area contributed by atoms with Crippen LogP contribution in [0.4, 0.5) is 10.1 Å². The third-order valence-electron chi connectivity index (χ3n) is 2.45. The van der Waals surface area contributed by atoms with Crippen LogP contribution in [0.5, 0.6) is 5.88 Å². The number of aromatic nitrogens is 2. The molecule has 0 aliphatic heterocycles. The van der Waals surface area contributed by atoms with E-state index in [1.807, 2.05) is 0 Å². The zero-order chi connectivity index (χ0) is 13.7. The molecule has 0 radical (unpaired) electrons.